The van der Waals surface area contributed by atoms with E-state index in [-0.39, 0.29) is 0 Å². The average Bonchev–Trinajstić information content (AvgIpc) is 1.99. The van der Waals surface area contributed by atoms with Gasteiger partial charge in [-0.3, -0.25) is 0 Å². The second-order valence-electron chi connectivity index (χ2n) is 2.18. The third-order valence-electron chi connectivity index (χ3n) is 1.49. The van der Waals surface area contributed by atoms with E-state index in [1.807, 2.05) is 19.1 Å². The molecule has 1 rings (SSSR count). The van der Waals surface area contributed by atoms with Crippen LogP contribution in [-0.4, -0.2) is 0 Å². The molecule has 11 heavy (non-hydrogen) atoms. The Bertz CT molecular complexity index is 271. The Morgan fingerprint density at radius 3 is 2.45 bits per heavy atom. The molecule has 0 aliphatic rings. The van der Waals surface area contributed by atoms with Crippen molar-refractivity contribution in [1.82, 2.24) is 0 Å². The minimum absolute atomic E-state index is 0.722. The highest BCUT2D eigenvalue weighted by Crippen LogP contribution is 2.31. The van der Waals surface area contributed by atoms with Crippen LogP contribution in [-0.2, 0) is 6.42 Å². The Kier molecular flexibility index (Phi) is 3.23. The van der Waals surface area contributed by atoms with Crippen LogP contribution < -0.4 is 0 Å². The molecule has 0 aliphatic carbocycles. The van der Waals surface area contributed by atoms with Gasteiger partial charge in [0.1, 0.15) is 0 Å². The van der Waals surface area contributed by atoms with Gasteiger partial charge in [-0.2, -0.15) is 0 Å². The Hall–Kier alpha value is 0.280. The molecule has 0 radical (unpaired) electrons. The Labute approximate surface area is 84.6 Å². The van der Waals surface area contributed by atoms with Crippen LogP contribution in [0.5, 0.6) is 0 Å². The normalized spacial score (nSPS) is 10.2. The summed E-state index contributed by atoms with van der Waals surface area (Å²) in [6.07, 6.45) is 0.858. The van der Waals surface area contributed by atoms with Crippen molar-refractivity contribution in [2.45, 2.75) is 13.3 Å². The maximum Gasteiger partial charge on any atom is 0.0594 e. The molecule has 60 valence electrons. The first-order chi connectivity index (χ1) is 5.16. The third-order valence-corrected chi connectivity index (χ3v) is 3.17. The molecule has 0 unspecified atom stereocenters. The third kappa shape index (κ3) is 1.90. The van der Waals surface area contributed by atoms with E-state index in [0.29, 0.717) is 0 Å². The van der Waals surface area contributed by atoms with Crippen molar-refractivity contribution >= 4 is 39.1 Å². The average molecular weight is 254 g/mol. The predicted molar refractivity (Wildman–Crippen MR) is 53.5 cm³/mol. The van der Waals surface area contributed by atoms with E-state index in [4.69, 9.17) is 23.2 Å². The van der Waals surface area contributed by atoms with Crippen molar-refractivity contribution in [3.05, 3.63) is 32.2 Å². The van der Waals surface area contributed by atoms with E-state index in [1.165, 1.54) is 0 Å². The summed E-state index contributed by atoms with van der Waals surface area (Å²) < 4.78 is 0.903. The Morgan fingerprint density at radius 1 is 1.36 bits per heavy atom. The Balaban J connectivity index is 3.29. The summed E-state index contributed by atoms with van der Waals surface area (Å²) in [7, 11) is 0. The first-order valence-electron chi connectivity index (χ1n) is 3.29. The van der Waals surface area contributed by atoms with Crippen molar-refractivity contribution in [2.24, 2.45) is 0 Å². The number of hydrogen-bond donors (Lipinski definition) is 0. The lowest BCUT2D eigenvalue weighted by atomic mass is 10.2. The molecule has 0 fully saturated rings. The minimum Gasteiger partial charge on any atom is -0.0840 e. The molecule has 1 aromatic rings. The maximum atomic E-state index is 5.97. The van der Waals surface area contributed by atoms with E-state index in [1.54, 1.807) is 0 Å². The molecule has 0 aliphatic heterocycles. The molecule has 0 heterocycles. The lowest BCUT2D eigenvalue weighted by molar-refractivity contribution is 1.14. The SMILES string of the molecule is CCc1c(Cl)ccc(Br)c1Cl. The second-order valence-corrected chi connectivity index (χ2v) is 3.81. The highest BCUT2D eigenvalue weighted by Gasteiger charge is 2.05. The number of benzene rings is 1. The van der Waals surface area contributed by atoms with E-state index < -0.39 is 0 Å². The smallest absolute Gasteiger partial charge is 0.0594 e. The molecule has 0 nitrogen and oxygen atoms in total. The molecule has 0 atom stereocenters. The van der Waals surface area contributed by atoms with Crippen LogP contribution in [0.1, 0.15) is 12.5 Å². The molecular weight excluding hydrogens is 247 g/mol. The topological polar surface area (TPSA) is 0 Å². The summed E-state index contributed by atoms with van der Waals surface area (Å²) in [6, 6.07) is 3.69. The zero-order chi connectivity index (χ0) is 8.43. The standard InChI is InChI=1S/C8H7BrCl2/c1-2-5-7(10)4-3-6(9)8(5)11/h3-4H,2H2,1H3. The molecule has 0 bridgehead atoms. The van der Waals surface area contributed by atoms with Gasteiger partial charge in [-0.1, -0.05) is 30.1 Å². The maximum absolute atomic E-state index is 5.97. The molecule has 0 saturated carbocycles. The summed E-state index contributed by atoms with van der Waals surface area (Å²) >= 11 is 15.2. The van der Waals surface area contributed by atoms with Crippen LogP contribution in [0.3, 0.4) is 0 Å². The molecular formula is C8H7BrCl2. The van der Waals surface area contributed by atoms with Crippen molar-refractivity contribution < 1.29 is 0 Å². The predicted octanol–water partition coefficient (Wildman–Crippen LogP) is 4.32. The quantitative estimate of drug-likeness (QED) is 0.654. The van der Waals surface area contributed by atoms with Gasteiger partial charge in [0.25, 0.3) is 0 Å². The van der Waals surface area contributed by atoms with Crippen molar-refractivity contribution in [1.29, 1.82) is 0 Å². The van der Waals surface area contributed by atoms with Gasteiger partial charge in [0.15, 0.2) is 0 Å². The van der Waals surface area contributed by atoms with Crippen LogP contribution in [0, 0.1) is 0 Å². The second kappa shape index (κ2) is 3.79. The fraction of sp³-hybridized carbons (Fsp3) is 0.250. The van der Waals surface area contributed by atoms with E-state index in [9.17, 15) is 0 Å². The fourth-order valence-corrected chi connectivity index (χ4v) is 1.90. The molecule has 0 N–H and O–H groups in total. The first kappa shape index (κ1) is 9.37. The number of hydrogen-bond acceptors (Lipinski definition) is 0. The van der Waals surface area contributed by atoms with E-state index >= 15 is 0 Å². The minimum atomic E-state index is 0.722. The van der Waals surface area contributed by atoms with Crippen LogP contribution in [0.25, 0.3) is 0 Å². The highest BCUT2D eigenvalue weighted by molar-refractivity contribution is 9.10. The zero-order valence-corrected chi connectivity index (χ0v) is 9.09. The summed E-state index contributed by atoms with van der Waals surface area (Å²) in [5.41, 5.74) is 1.00. The van der Waals surface area contributed by atoms with Crippen molar-refractivity contribution in [3.8, 4) is 0 Å². The molecule has 0 amide bonds. The number of halogens is 3. The lowest BCUT2D eigenvalue weighted by Gasteiger charge is -2.04. The number of rotatable bonds is 1. The van der Waals surface area contributed by atoms with E-state index in [2.05, 4.69) is 15.9 Å². The monoisotopic (exact) mass is 252 g/mol. The zero-order valence-electron chi connectivity index (χ0n) is 6.00. The summed E-state index contributed by atoms with van der Waals surface area (Å²) in [5, 5.41) is 1.46. The van der Waals surface area contributed by atoms with Gasteiger partial charge in [0, 0.05) is 9.50 Å². The van der Waals surface area contributed by atoms with Gasteiger partial charge < -0.3 is 0 Å². The molecule has 0 aromatic heterocycles. The first-order valence-corrected chi connectivity index (χ1v) is 4.84. The summed E-state index contributed by atoms with van der Waals surface area (Å²) in [5.74, 6) is 0. The highest BCUT2D eigenvalue weighted by atomic mass is 79.9. The van der Waals surface area contributed by atoms with Crippen LogP contribution >= 0.6 is 39.1 Å². The van der Waals surface area contributed by atoms with Crippen LogP contribution in [0.2, 0.25) is 10.0 Å². The largest absolute Gasteiger partial charge is 0.0840 e. The van der Waals surface area contributed by atoms with Gasteiger partial charge in [-0.05, 0) is 40.0 Å². The van der Waals surface area contributed by atoms with Gasteiger partial charge in [0.2, 0.25) is 0 Å². The molecule has 0 saturated heterocycles. The van der Waals surface area contributed by atoms with Gasteiger partial charge in [-0.15, -0.1) is 0 Å². The Morgan fingerprint density at radius 2 is 2.00 bits per heavy atom. The lowest BCUT2D eigenvalue weighted by Crippen LogP contribution is -1.84. The van der Waals surface area contributed by atoms with Gasteiger partial charge >= 0.3 is 0 Å². The summed E-state index contributed by atoms with van der Waals surface area (Å²) in [4.78, 5) is 0. The molecule has 0 spiro atoms. The van der Waals surface area contributed by atoms with Crippen molar-refractivity contribution in [3.63, 3.8) is 0 Å². The fourth-order valence-electron chi connectivity index (χ4n) is 0.893. The van der Waals surface area contributed by atoms with Crippen LogP contribution in [0.4, 0.5) is 0 Å². The van der Waals surface area contributed by atoms with Gasteiger partial charge in [-0.25, -0.2) is 0 Å². The molecule has 3 heteroatoms. The van der Waals surface area contributed by atoms with E-state index in [0.717, 1.165) is 26.5 Å². The van der Waals surface area contributed by atoms with Gasteiger partial charge in [0.05, 0.1) is 5.02 Å². The van der Waals surface area contributed by atoms with Crippen LogP contribution in [0.15, 0.2) is 16.6 Å². The molecule has 1 aromatic carbocycles. The summed E-state index contributed by atoms with van der Waals surface area (Å²) in [6.45, 7) is 2.03. The van der Waals surface area contributed by atoms with Crippen molar-refractivity contribution in [2.75, 3.05) is 0 Å².